The van der Waals surface area contributed by atoms with Crippen molar-refractivity contribution in [1.29, 1.82) is 0 Å². The molecule has 4 heteroatoms. The highest BCUT2D eigenvalue weighted by Gasteiger charge is 2.78. The summed E-state index contributed by atoms with van der Waals surface area (Å²) >= 11 is 0. The molecule has 3 rings (SSSR count). The Kier molecular flexibility index (Phi) is 5.56. The van der Waals surface area contributed by atoms with Crippen molar-refractivity contribution in [3.05, 3.63) is 0 Å². The summed E-state index contributed by atoms with van der Waals surface area (Å²) in [7, 11) is 0. The van der Waals surface area contributed by atoms with Crippen molar-refractivity contribution in [2.75, 3.05) is 19.8 Å². The average Bonchev–Trinajstić information content (AvgIpc) is 3.10. The Balaban J connectivity index is 1.92. The van der Waals surface area contributed by atoms with Crippen LogP contribution in [-0.4, -0.2) is 42.4 Å². The number of rotatable bonds is 7. The first-order valence-corrected chi connectivity index (χ1v) is 9.73. The average molecular weight is 336 g/mol. The van der Waals surface area contributed by atoms with Crippen LogP contribution in [0.1, 0.15) is 58.8 Å². The zero-order valence-corrected chi connectivity index (χ0v) is 15.1. The fourth-order valence-corrected chi connectivity index (χ4v) is 5.24. The third-order valence-electron chi connectivity index (χ3n) is 6.30. The van der Waals surface area contributed by atoms with Crippen LogP contribution < -0.4 is 0 Å². The molecule has 0 aromatic carbocycles. The van der Waals surface area contributed by atoms with Gasteiger partial charge in [0.1, 0.15) is 5.60 Å². The number of fused-ring (bicyclic) bond motifs is 2. The van der Waals surface area contributed by atoms with E-state index in [9.17, 15) is 5.11 Å². The van der Waals surface area contributed by atoms with Crippen molar-refractivity contribution in [2.45, 2.75) is 76.3 Å². The van der Waals surface area contributed by atoms with Gasteiger partial charge in [-0.1, -0.05) is 33.1 Å². The smallest absolute Gasteiger partial charge is 0.201 e. The molecular weight excluding hydrogens is 304 g/mol. The molecular formula is C20H32O4. The highest BCUT2D eigenvalue weighted by atomic mass is 16.8. The number of aliphatic hydroxyl groups excluding tert-OH is 1. The molecule has 5 unspecified atom stereocenters. The fourth-order valence-electron chi connectivity index (χ4n) is 5.24. The van der Waals surface area contributed by atoms with Crippen LogP contribution in [0.5, 0.6) is 0 Å². The Morgan fingerprint density at radius 2 is 1.92 bits per heavy atom. The first-order chi connectivity index (χ1) is 11.7. The summed E-state index contributed by atoms with van der Waals surface area (Å²) in [5.74, 6) is 2.42. The summed E-state index contributed by atoms with van der Waals surface area (Å²) < 4.78 is 18.9. The van der Waals surface area contributed by atoms with Gasteiger partial charge in [0.05, 0.1) is 25.2 Å². The SMILES string of the molecule is C#CC1C(O)CCC2(OCCCC)C1C(CCCC)C21OCCO1. The van der Waals surface area contributed by atoms with Crippen LogP contribution in [0, 0.1) is 30.1 Å². The lowest BCUT2D eigenvalue weighted by Crippen LogP contribution is -2.80. The van der Waals surface area contributed by atoms with E-state index in [4.69, 9.17) is 20.6 Å². The highest BCUT2D eigenvalue weighted by molar-refractivity contribution is 5.26. The van der Waals surface area contributed by atoms with Crippen molar-refractivity contribution in [3.8, 4) is 12.3 Å². The maximum Gasteiger partial charge on any atom is 0.201 e. The minimum Gasteiger partial charge on any atom is -0.392 e. The Bertz CT molecular complexity index is 465. The summed E-state index contributed by atoms with van der Waals surface area (Å²) in [6.45, 7) is 6.31. The molecule has 0 aromatic rings. The van der Waals surface area contributed by atoms with Crippen molar-refractivity contribution in [3.63, 3.8) is 0 Å². The Labute approximate surface area is 146 Å². The molecule has 4 nitrogen and oxygen atoms in total. The largest absolute Gasteiger partial charge is 0.392 e. The molecule has 0 bridgehead atoms. The highest BCUT2D eigenvalue weighted by Crippen LogP contribution is 2.67. The van der Waals surface area contributed by atoms with Crippen LogP contribution in [0.15, 0.2) is 0 Å². The van der Waals surface area contributed by atoms with E-state index in [-0.39, 0.29) is 17.8 Å². The molecule has 0 amide bonds. The topological polar surface area (TPSA) is 47.9 Å². The summed E-state index contributed by atoms with van der Waals surface area (Å²) in [5.41, 5.74) is -0.479. The van der Waals surface area contributed by atoms with Crippen LogP contribution >= 0.6 is 0 Å². The van der Waals surface area contributed by atoms with Gasteiger partial charge < -0.3 is 19.3 Å². The quantitative estimate of drug-likeness (QED) is 0.573. The van der Waals surface area contributed by atoms with Crippen LogP contribution in [-0.2, 0) is 14.2 Å². The third kappa shape index (κ3) is 2.52. The molecule has 3 fully saturated rings. The molecule has 2 saturated carbocycles. The Hall–Kier alpha value is -0.600. The Morgan fingerprint density at radius 3 is 2.54 bits per heavy atom. The van der Waals surface area contributed by atoms with Gasteiger partial charge in [-0.25, -0.2) is 0 Å². The van der Waals surface area contributed by atoms with E-state index in [1.165, 1.54) is 0 Å². The second-order valence-corrected chi connectivity index (χ2v) is 7.53. The molecule has 2 aliphatic carbocycles. The molecule has 1 N–H and O–H groups in total. The van der Waals surface area contributed by atoms with E-state index in [0.29, 0.717) is 26.2 Å². The number of terminal acetylenes is 1. The van der Waals surface area contributed by atoms with Gasteiger partial charge in [0.25, 0.3) is 0 Å². The van der Waals surface area contributed by atoms with Gasteiger partial charge >= 0.3 is 0 Å². The van der Waals surface area contributed by atoms with Crippen molar-refractivity contribution in [1.82, 2.24) is 0 Å². The molecule has 136 valence electrons. The molecule has 0 radical (unpaired) electrons. The van der Waals surface area contributed by atoms with E-state index < -0.39 is 17.5 Å². The number of unbranched alkanes of at least 4 members (excludes halogenated alkanes) is 2. The van der Waals surface area contributed by atoms with E-state index in [0.717, 1.165) is 38.5 Å². The molecule has 1 heterocycles. The zero-order chi connectivity index (χ0) is 17.2. The monoisotopic (exact) mass is 336 g/mol. The third-order valence-corrected chi connectivity index (χ3v) is 6.30. The molecule has 1 spiro atoms. The van der Waals surface area contributed by atoms with E-state index in [1.54, 1.807) is 0 Å². The molecule has 5 atom stereocenters. The van der Waals surface area contributed by atoms with Gasteiger partial charge in [0.15, 0.2) is 0 Å². The van der Waals surface area contributed by atoms with Gasteiger partial charge in [-0.05, 0) is 25.7 Å². The normalized spacial score (nSPS) is 40.1. The maximum atomic E-state index is 10.5. The lowest BCUT2D eigenvalue weighted by molar-refractivity contribution is -0.422. The standard InChI is InChI=1S/C20H32O4/c1-4-7-9-16-18-15(6-3)17(21)10-11-19(18,22-12-8-5-2)20(16)23-13-14-24-20/h3,15-18,21H,4-5,7-14H2,1-2H3. The summed E-state index contributed by atoms with van der Waals surface area (Å²) in [4.78, 5) is 0. The summed E-state index contributed by atoms with van der Waals surface area (Å²) in [5, 5.41) is 10.5. The van der Waals surface area contributed by atoms with Gasteiger partial charge in [0, 0.05) is 18.4 Å². The summed E-state index contributed by atoms with van der Waals surface area (Å²) in [6, 6.07) is 0. The van der Waals surface area contributed by atoms with Crippen molar-refractivity contribution < 1.29 is 19.3 Å². The minimum atomic E-state index is -0.643. The van der Waals surface area contributed by atoms with E-state index in [1.807, 2.05) is 0 Å². The van der Waals surface area contributed by atoms with Crippen LogP contribution in [0.25, 0.3) is 0 Å². The van der Waals surface area contributed by atoms with Crippen molar-refractivity contribution >= 4 is 0 Å². The van der Waals surface area contributed by atoms with Gasteiger partial charge in [0.2, 0.25) is 5.79 Å². The first kappa shape index (κ1) is 18.2. The number of hydrogen-bond donors (Lipinski definition) is 1. The molecule has 24 heavy (non-hydrogen) atoms. The van der Waals surface area contributed by atoms with E-state index in [2.05, 4.69) is 19.8 Å². The number of hydrogen-bond acceptors (Lipinski definition) is 4. The minimum absolute atomic E-state index is 0.132. The van der Waals surface area contributed by atoms with Crippen LogP contribution in [0.4, 0.5) is 0 Å². The summed E-state index contributed by atoms with van der Waals surface area (Å²) in [6.07, 6.45) is 12.2. The van der Waals surface area contributed by atoms with Gasteiger partial charge in [-0.2, -0.15) is 0 Å². The van der Waals surface area contributed by atoms with Crippen LogP contribution in [0.2, 0.25) is 0 Å². The second kappa shape index (κ2) is 7.33. The predicted octanol–water partition coefficient (Wildman–Crippen LogP) is 3.13. The predicted molar refractivity (Wildman–Crippen MR) is 92.3 cm³/mol. The van der Waals surface area contributed by atoms with Gasteiger partial charge in [-0.15, -0.1) is 12.3 Å². The first-order valence-electron chi connectivity index (χ1n) is 9.73. The lowest BCUT2D eigenvalue weighted by atomic mass is 9.46. The molecule has 3 aliphatic rings. The maximum absolute atomic E-state index is 10.5. The molecule has 1 saturated heterocycles. The number of ether oxygens (including phenoxy) is 3. The van der Waals surface area contributed by atoms with Gasteiger partial charge in [-0.3, -0.25) is 0 Å². The zero-order valence-electron chi connectivity index (χ0n) is 15.1. The second-order valence-electron chi connectivity index (χ2n) is 7.53. The van der Waals surface area contributed by atoms with E-state index >= 15 is 0 Å². The van der Waals surface area contributed by atoms with Crippen LogP contribution in [0.3, 0.4) is 0 Å². The molecule has 0 aromatic heterocycles. The lowest BCUT2D eigenvalue weighted by Gasteiger charge is -2.69. The fraction of sp³-hybridized carbons (Fsp3) is 0.900. The number of aliphatic hydroxyl groups is 1. The molecule has 1 aliphatic heterocycles. The van der Waals surface area contributed by atoms with Crippen molar-refractivity contribution in [2.24, 2.45) is 17.8 Å². The Morgan fingerprint density at radius 1 is 1.21 bits per heavy atom.